The maximum atomic E-state index is 5.65. The topological polar surface area (TPSA) is 9.23 Å². The zero-order valence-electron chi connectivity index (χ0n) is 6.41. The van der Waals surface area contributed by atoms with Crippen molar-refractivity contribution in [2.24, 2.45) is 0 Å². The van der Waals surface area contributed by atoms with Gasteiger partial charge in [0, 0.05) is 0 Å². The van der Waals surface area contributed by atoms with Gasteiger partial charge in [-0.05, 0) is 0 Å². The molecule has 8 heavy (non-hydrogen) atoms. The fourth-order valence-corrected chi connectivity index (χ4v) is 5.01. The van der Waals surface area contributed by atoms with Crippen LogP contribution in [0.5, 0.6) is 0 Å². The summed E-state index contributed by atoms with van der Waals surface area (Å²) in [5.74, 6) is 0. The summed E-state index contributed by atoms with van der Waals surface area (Å²) in [7, 11) is 0. The van der Waals surface area contributed by atoms with E-state index in [0.717, 1.165) is 0 Å². The molecule has 0 saturated carbocycles. The zero-order chi connectivity index (χ0) is 6.78. The molecule has 0 saturated heterocycles. The fraction of sp³-hybridized carbons (Fsp3) is 1.00. The molecule has 0 unspecified atom stereocenters. The van der Waals surface area contributed by atoms with Crippen LogP contribution < -0.4 is 0 Å². The molecule has 49 valence electrons. The molecule has 0 aromatic rings. The Labute approximate surface area is 60.6 Å². The van der Waals surface area contributed by atoms with E-state index < -0.39 is 21.9 Å². The molecule has 0 aromatic carbocycles. The Hall–Kier alpha value is 0.830. The predicted molar refractivity (Wildman–Crippen MR) is 32.6 cm³/mol. The number of rotatable bonds is 1. The SMILES string of the molecule is [CH3][Hf]([CH3])[O]C(C)(C)C. The van der Waals surface area contributed by atoms with Gasteiger partial charge in [0.15, 0.2) is 0 Å². The van der Waals surface area contributed by atoms with Gasteiger partial charge in [-0.15, -0.1) is 0 Å². The van der Waals surface area contributed by atoms with Crippen LogP contribution in [-0.4, -0.2) is 5.60 Å². The zero-order valence-corrected chi connectivity index (χ0v) is 10.0. The molecule has 0 spiro atoms. The first-order valence-corrected chi connectivity index (χ1v) is 11.6. The van der Waals surface area contributed by atoms with Gasteiger partial charge in [0.25, 0.3) is 0 Å². The second kappa shape index (κ2) is 3.11. The van der Waals surface area contributed by atoms with Gasteiger partial charge >= 0.3 is 60.5 Å². The van der Waals surface area contributed by atoms with E-state index in [1.165, 1.54) is 0 Å². The van der Waals surface area contributed by atoms with Gasteiger partial charge in [0.05, 0.1) is 0 Å². The Kier molecular flexibility index (Phi) is 3.44. The first-order chi connectivity index (χ1) is 3.42. The number of hydrogen-bond donors (Lipinski definition) is 0. The van der Waals surface area contributed by atoms with E-state index in [-0.39, 0.29) is 5.60 Å². The molecule has 0 amide bonds. The first-order valence-electron chi connectivity index (χ1n) is 2.91. The summed E-state index contributed by atoms with van der Waals surface area (Å²) < 4.78 is 10.2. The van der Waals surface area contributed by atoms with Crippen molar-refractivity contribution < 1.29 is 24.7 Å². The van der Waals surface area contributed by atoms with Crippen molar-refractivity contribution >= 4 is 0 Å². The summed E-state index contributed by atoms with van der Waals surface area (Å²) in [6.07, 6.45) is 0. The molecule has 0 heterocycles. The normalized spacial score (nSPS) is 11.6. The Balaban J connectivity index is 3.39. The average molecular weight is 282 g/mol. The first kappa shape index (κ1) is 8.83. The van der Waals surface area contributed by atoms with E-state index in [0.29, 0.717) is 0 Å². The van der Waals surface area contributed by atoms with Gasteiger partial charge in [0.1, 0.15) is 0 Å². The molecule has 0 aliphatic carbocycles. The van der Waals surface area contributed by atoms with Gasteiger partial charge in [-0.25, -0.2) is 0 Å². The molecule has 1 nitrogen and oxygen atoms in total. The van der Waals surface area contributed by atoms with Crippen molar-refractivity contribution in [2.75, 3.05) is 0 Å². The molecule has 0 rings (SSSR count). The summed E-state index contributed by atoms with van der Waals surface area (Å²) in [6.45, 7) is 6.35. The van der Waals surface area contributed by atoms with E-state index in [4.69, 9.17) is 2.85 Å². The summed E-state index contributed by atoms with van der Waals surface area (Å²) in [5.41, 5.74) is 0.117. The Morgan fingerprint density at radius 2 is 1.50 bits per heavy atom. The van der Waals surface area contributed by atoms with Crippen LogP contribution in [0, 0.1) is 0 Å². The molecule has 0 fully saturated rings. The monoisotopic (exact) mass is 283 g/mol. The third-order valence-electron chi connectivity index (χ3n) is 0.510. The average Bonchev–Trinajstić information content (AvgIpc) is 1.21. The van der Waals surface area contributed by atoms with Crippen molar-refractivity contribution in [2.45, 2.75) is 35.7 Å². The van der Waals surface area contributed by atoms with Gasteiger partial charge < -0.3 is 0 Å². The maximum absolute atomic E-state index is 5.65. The Morgan fingerprint density at radius 3 is 1.50 bits per heavy atom. The summed E-state index contributed by atoms with van der Waals surface area (Å²) in [4.78, 5) is 0. The van der Waals surface area contributed by atoms with Crippen molar-refractivity contribution in [1.29, 1.82) is 0 Å². The van der Waals surface area contributed by atoms with E-state index >= 15 is 0 Å². The van der Waals surface area contributed by atoms with Gasteiger partial charge in [-0.3, -0.25) is 0 Å². The third-order valence-corrected chi connectivity index (χ3v) is 4.18. The van der Waals surface area contributed by atoms with E-state index in [1.807, 2.05) is 0 Å². The van der Waals surface area contributed by atoms with Gasteiger partial charge in [-0.1, -0.05) is 0 Å². The van der Waals surface area contributed by atoms with Crippen LogP contribution in [0.15, 0.2) is 0 Å². The third kappa shape index (κ3) is 6.83. The molecule has 0 aliphatic rings. The molecule has 0 bridgehead atoms. The molecule has 0 aromatic heterocycles. The minimum atomic E-state index is -1.40. The van der Waals surface area contributed by atoms with Gasteiger partial charge in [-0.2, -0.15) is 0 Å². The van der Waals surface area contributed by atoms with E-state index in [9.17, 15) is 0 Å². The minimum absolute atomic E-state index is 0.117. The number of hydrogen-bond acceptors (Lipinski definition) is 1. The summed E-state index contributed by atoms with van der Waals surface area (Å²) >= 11 is -1.40. The van der Waals surface area contributed by atoms with E-state index in [2.05, 4.69) is 30.1 Å². The summed E-state index contributed by atoms with van der Waals surface area (Å²) in [5, 5.41) is 0. The molecule has 0 atom stereocenters. The second-order valence-electron chi connectivity index (χ2n) is 3.12. The second-order valence-corrected chi connectivity index (χ2v) is 10.4. The van der Waals surface area contributed by atoms with Crippen molar-refractivity contribution in [3.05, 3.63) is 0 Å². The van der Waals surface area contributed by atoms with Crippen LogP contribution in [0.1, 0.15) is 20.8 Å². The van der Waals surface area contributed by atoms with Crippen LogP contribution >= 0.6 is 0 Å². The van der Waals surface area contributed by atoms with Crippen LogP contribution in [0.2, 0.25) is 9.36 Å². The fourth-order valence-electron chi connectivity index (χ4n) is 0.612. The van der Waals surface area contributed by atoms with Crippen LogP contribution in [0.4, 0.5) is 0 Å². The predicted octanol–water partition coefficient (Wildman–Crippen LogP) is 2.43. The van der Waals surface area contributed by atoms with Crippen LogP contribution in [0.25, 0.3) is 0 Å². The summed E-state index contributed by atoms with van der Waals surface area (Å²) in [6, 6.07) is 0. The van der Waals surface area contributed by atoms with Crippen LogP contribution in [0.3, 0.4) is 0 Å². The van der Waals surface area contributed by atoms with Crippen LogP contribution in [-0.2, 0) is 24.7 Å². The van der Waals surface area contributed by atoms with Crippen molar-refractivity contribution in [3.8, 4) is 0 Å². The molecule has 0 N–H and O–H groups in total. The van der Waals surface area contributed by atoms with Gasteiger partial charge in [0.2, 0.25) is 0 Å². The van der Waals surface area contributed by atoms with Crippen molar-refractivity contribution in [3.63, 3.8) is 0 Å². The molecule has 0 radical (unpaired) electrons. The Bertz CT molecular complexity index is 63.4. The molecule has 0 aliphatic heterocycles. The van der Waals surface area contributed by atoms with Crippen molar-refractivity contribution in [1.82, 2.24) is 0 Å². The molecule has 2 heteroatoms. The van der Waals surface area contributed by atoms with E-state index in [1.54, 1.807) is 0 Å². The molecular weight excluding hydrogens is 267 g/mol. The quantitative estimate of drug-likeness (QED) is 0.671. The standard InChI is InChI=1S/C4H9O.2CH3.Hf/c1-4(2,3)5;;;/h1-3H3;2*1H3;/q-1;;;+1. The Morgan fingerprint density at radius 1 is 1.12 bits per heavy atom. The molecular formula is C6H15HfO.